The van der Waals surface area contributed by atoms with Gasteiger partial charge in [0.15, 0.2) is 0 Å². The van der Waals surface area contributed by atoms with Gasteiger partial charge in [-0.1, -0.05) is 36.4 Å². The van der Waals surface area contributed by atoms with Gasteiger partial charge < -0.3 is 9.64 Å². The molecule has 1 aliphatic rings. The predicted molar refractivity (Wildman–Crippen MR) is 80.4 cm³/mol. The largest absolute Gasteiger partial charge is 0.380 e. The molecule has 0 aromatic heterocycles. The van der Waals surface area contributed by atoms with Crippen LogP contribution in [0.15, 0.2) is 42.0 Å². The highest BCUT2D eigenvalue weighted by atomic mass is 16.5. The summed E-state index contributed by atoms with van der Waals surface area (Å²) >= 11 is 0. The number of amides is 1. The lowest BCUT2D eigenvalue weighted by atomic mass is 9.98. The van der Waals surface area contributed by atoms with Crippen LogP contribution in [0.3, 0.4) is 0 Å². The molecule has 1 heterocycles. The number of hydrogen-bond donors (Lipinski definition) is 0. The van der Waals surface area contributed by atoms with Gasteiger partial charge in [-0.3, -0.25) is 4.79 Å². The monoisotopic (exact) mass is 284 g/mol. The summed E-state index contributed by atoms with van der Waals surface area (Å²) in [6.07, 6.45) is 3.33. The molecule has 1 aromatic carbocycles. The maximum Gasteiger partial charge on any atom is 0.240 e. The van der Waals surface area contributed by atoms with Gasteiger partial charge in [0.25, 0.3) is 0 Å². The Bertz CT molecular complexity index is 546. The lowest BCUT2D eigenvalue weighted by molar-refractivity contribution is -0.133. The van der Waals surface area contributed by atoms with Crippen molar-refractivity contribution in [3.63, 3.8) is 0 Å². The van der Waals surface area contributed by atoms with Crippen LogP contribution < -0.4 is 0 Å². The summed E-state index contributed by atoms with van der Waals surface area (Å²) < 4.78 is 5.10. The molecule has 21 heavy (non-hydrogen) atoms. The number of carbonyl (C=O) groups is 1. The van der Waals surface area contributed by atoms with E-state index in [0.29, 0.717) is 26.1 Å². The third-order valence-electron chi connectivity index (χ3n) is 3.68. The Balaban J connectivity index is 1.97. The molecule has 0 aliphatic carbocycles. The lowest BCUT2D eigenvalue weighted by Gasteiger charge is -2.28. The van der Waals surface area contributed by atoms with E-state index in [9.17, 15) is 10.1 Å². The number of benzene rings is 1. The van der Waals surface area contributed by atoms with Crippen molar-refractivity contribution in [3.05, 3.63) is 47.5 Å². The molecule has 4 nitrogen and oxygen atoms in total. The summed E-state index contributed by atoms with van der Waals surface area (Å²) in [6, 6.07) is 11.8. The number of ether oxygens (including phenoxy) is 1. The first-order chi connectivity index (χ1) is 10.2. The number of nitriles is 1. The van der Waals surface area contributed by atoms with Crippen LogP contribution in [0, 0.1) is 17.2 Å². The summed E-state index contributed by atoms with van der Waals surface area (Å²) in [6.45, 7) is 1.86. The fraction of sp³-hybridized carbons (Fsp3) is 0.412. The fourth-order valence-electron chi connectivity index (χ4n) is 2.49. The van der Waals surface area contributed by atoms with Crippen LogP contribution in [-0.4, -0.2) is 37.6 Å². The molecule has 1 aliphatic heterocycles. The van der Waals surface area contributed by atoms with Gasteiger partial charge in [0.1, 0.15) is 5.92 Å². The molecule has 0 bridgehead atoms. The number of hydrogen-bond acceptors (Lipinski definition) is 3. The van der Waals surface area contributed by atoms with Crippen LogP contribution in [-0.2, 0) is 16.0 Å². The summed E-state index contributed by atoms with van der Waals surface area (Å²) in [7, 11) is 1.67. The standard InChI is InChI=1S/C17H20N2O2/c1-21-13-15-7-9-19(10-8-15)17(20)16(12-18)11-14-5-3-2-4-6-14/h2-7,16H,8-11,13H2,1H3. The average Bonchev–Trinajstić information content (AvgIpc) is 2.54. The van der Waals surface area contributed by atoms with Gasteiger partial charge in [0, 0.05) is 20.2 Å². The average molecular weight is 284 g/mol. The molecular formula is C17H20N2O2. The maximum atomic E-state index is 12.4. The highest BCUT2D eigenvalue weighted by Gasteiger charge is 2.25. The van der Waals surface area contributed by atoms with Gasteiger partial charge in [-0.15, -0.1) is 0 Å². The van der Waals surface area contributed by atoms with E-state index < -0.39 is 5.92 Å². The second-order valence-electron chi connectivity index (χ2n) is 5.20. The van der Waals surface area contributed by atoms with Crippen LogP contribution in [0.2, 0.25) is 0 Å². The molecule has 1 atom stereocenters. The van der Waals surface area contributed by atoms with Crippen molar-refractivity contribution in [1.82, 2.24) is 4.90 Å². The third-order valence-corrected chi connectivity index (χ3v) is 3.68. The van der Waals surface area contributed by atoms with Crippen molar-refractivity contribution >= 4 is 5.91 Å². The van der Waals surface area contributed by atoms with Gasteiger partial charge in [-0.2, -0.15) is 5.26 Å². The molecule has 1 aromatic rings. The van der Waals surface area contributed by atoms with E-state index in [2.05, 4.69) is 6.07 Å². The minimum absolute atomic E-state index is 0.0749. The summed E-state index contributed by atoms with van der Waals surface area (Å²) in [5.41, 5.74) is 2.24. The normalized spacial score (nSPS) is 16.0. The molecule has 1 unspecified atom stereocenters. The Kier molecular flexibility index (Phi) is 5.53. The zero-order valence-corrected chi connectivity index (χ0v) is 12.3. The second-order valence-corrected chi connectivity index (χ2v) is 5.20. The number of carbonyl (C=O) groups excluding carboxylic acids is 1. The van der Waals surface area contributed by atoms with Crippen LogP contribution in [0.4, 0.5) is 0 Å². The summed E-state index contributed by atoms with van der Waals surface area (Å²) in [4.78, 5) is 14.2. The van der Waals surface area contributed by atoms with E-state index in [1.807, 2.05) is 36.4 Å². The molecule has 0 saturated heterocycles. The Morgan fingerprint density at radius 2 is 2.19 bits per heavy atom. The molecule has 1 amide bonds. The SMILES string of the molecule is COCC1=CCN(C(=O)C(C#N)Cc2ccccc2)CC1. The van der Waals surface area contributed by atoms with Crippen LogP contribution >= 0.6 is 0 Å². The molecule has 0 fully saturated rings. The number of methoxy groups -OCH3 is 1. The van der Waals surface area contributed by atoms with E-state index in [-0.39, 0.29) is 5.91 Å². The molecular weight excluding hydrogens is 264 g/mol. The van der Waals surface area contributed by atoms with E-state index in [0.717, 1.165) is 12.0 Å². The van der Waals surface area contributed by atoms with Crippen molar-refractivity contribution < 1.29 is 9.53 Å². The van der Waals surface area contributed by atoms with Gasteiger partial charge in [0.05, 0.1) is 12.7 Å². The van der Waals surface area contributed by atoms with Crippen molar-refractivity contribution in [2.75, 3.05) is 26.8 Å². The van der Waals surface area contributed by atoms with Crippen molar-refractivity contribution in [1.29, 1.82) is 5.26 Å². The van der Waals surface area contributed by atoms with Crippen LogP contribution in [0.25, 0.3) is 0 Å². The molecule has 110 valence electrons. The lowest BCUT2D eigenvalue weighted by Crippen LogP contribution is -2.39. The Hall–Kier alpha value is -2.12. The Morgan fingerprint density at radius 3 is 2.76 bits per heavy atom. The van der Waals surface area contributed by atoms with Crippen molar-refractivity contribution in [2.45, 2.75) is 12.8 Å². The molecule has 4 heteroatoms. The third kappa shape index (κ3) is 4.17. The topological polar surface area (TPSA) is 53.3 Å². The van der Waals surface area contributed by atoms with E-state index in [1.54, 1.807) is 12.0 Å². The van der Waals surface area contributed by atoms with Crippen molar-refractivity contribution in [2.24, 2.45) is 5.92 Å². The summed E-state index contributed by atoms with van der Waals surface area (Å²) in [5, 5.41) is 9.29. The Morgan fingerprint density at radius 1 is 1.43 bits per heavy atom. The first kappa shape index (κ1) is 15.3. The molecule has 0 N–H and O–H groups in total. The first-order valence-corrected chi connectivity index (χ1v) is 7.13. The highest BCUT2D eigenvalue weighted by molar-refractivity contribution is 5.81. The van der Waals surface area contributed by atoms with Crippen molar-refractivity contribution in [3.8, 4) is 6.07 Å². The molecule has 0 radical (unpaired) electrons. The van der Waals surface area contributed by atoms with Gasteiger partial charge in [-0.25, -0.2) is 0 Å². The predicted octanol–water partition coefficient (Wildman–Crippen LogP) is 2.17. The minimum Gasteiger partial charge on any atom is -0.380 e. The quantitative estimate of drug-likeness (QED) is 0.779. The smallest absolute Gasteiger partial charge is 0.240 e. The molecule has 0 saturated carbocycles. The maximum absolute atomic E-state index is 12.4. The van der Waals surface area contributed by atoms with Gasteiger partial charge in [0.2, 0.25) is 5.91 Å². The van der Waals surface area contributed by atoms with Gasteiger partial charge in [-0.05, 0) is 24.0 Å². The van der Waals surface area contributed by atoms with Crippen LogP contribution in [0.5, 0.6) is 0 Å². The van der Waals surface area contributed by atoms with E-state index in [4.69, 9.17) is 4.74 Å². The molecule has 2 rings (SSSR count). The zero-order chi connectivity index (χ0) is 15.1. The second kappa shape index (κ2) is 7.61. The fourth-order valence-corrected chi connectivity index (χ4v) is 2.49. The zero-order valence-electron chi connectivity index (χ0n) is 12.3. The minimum atomic E-state index is -0.607. The highest BCUT2D eigenvalue weighted by Crippen LogP contribution is 2.16. The van der Waals surface area contributed by atoms with E-state index in [1.165, 1.54) is 5.57 Å². The number of nitrogens with zero attached hydrogens (tertiary/aromatic N) is 2. The first-order valence-electron chi connectivity index (χ1n) is 7.13. The van der Waals surface area contributed by atoms with Gasteiger partial charge >= 0.3 is 0 Å². The van der Waals surface area contributed by atoms with Crippen LogP contribution in [0.1, 0.15) is 12.0 Å². The number of rotatable bonds is 5. The Labute approximate surface area is 125 Å². The van der Waals surface area contributed by atoms with E-state index >= 15 is 0 Å². The molecule has 0 spiro atoms. The summed E-state index contributed by atoms with van der Waals surface area (Å²) in [5.74, 6) is -0.682.